The molecule has 1 heterocycles. The van der Waals surface area contributed by atoms with Crippen LogP contribution in [0.25, 0.3) is 0 Å². The van der Waals surface area contributed by atoms with Gasteiger partial charge in [-0.05, 0) is 45.2 Å². The van der Waals surface area contributed by atoms with E-state index >= 15 is 0 Å². The predicted octanol–water partition coefficient (Wildman–Crippen LogP) is 1.05. The van der Waals surface area contributed by atoms with E-state index < -0.39 is 0 Å². The lowest BCUT2D eigenvalue weighted by Gasteiger charge is -2.39. The van der Waals surface area contributed by atoms with Crippen LogP contribution in [0, 0.1) is 5.92 Å². The minimum absolute atomic E-state index is 0.174. The second-order valence-corrected chi connectivity index (χ2v) is 6.30. The molecule has 4 nitrogen and oxygen atoms in total. The molecule has 1 aliphatic heterocycles. The highest BCUT2D eigenvalue weighted by Gasteiger charge is 2.40. The number of nitrogens with two attached hydrogens (primary N) is 1. The summed E-state index contributed by atoms with van der Waals surface area (Å²) in [6.07, 6.45) is 4.65. The Morgan fingerprint density at radius 2 is 1.94 bits per heavy atom. The molecular weight excluding hydrogens is 226 g/mol. The van der Waals surface area contributed by atoms with Crippen molar-refractivity contribution in [1.82, 2.24) is 9.80 Å². The number of hydrogen-bond donors (Lipinski definition) is 1. The van der Waals surface area contributed by atoms with Crippen LogP contribution >= 0.6 is 0 Å². The number of likely N-dealkylation sites (tertiary alicyclic amines) is 1. The monoisotopic (exact) mass is 253 g/mol. The minimum atomic E-state index is -0.335. The summed E-state index contributed by atoms with van der Waals surface area (Å²) >= 11 is 0. The van der Waals surface area contributed by atoms with E-state index in [0.717, 1.165) is 32.4 Å². The summed E-state index contributed by atoms with van der Waals surface area (Å²) in [5, 5.41) is 0. The topological polar surface area (TPSA) is 49.6 Å². The lowest BCUT2D eigenvalue weighted by Crippen LogP contribution is -2.55. The molecule has 1 amide bonds. The first-order valence-corrected chi connectivity index (χ1v) is 7.27. The number of carbonyl (C=O) groups is 1. The Hall–Kier alpha value is -0.610. The zero-order chi connectivity index (χ0) is 13.3. The Bertz CT molecular complexity index is 301. The van der Waals surface area contributed by atoms with Crippen LogP contribution < -0.4 is 5.73 Å². The van der Waals surface area contributed by atoms with Crippen LogP contribution in [0.3, 0.4) is 0 Å². The van der Waals surface area contributed by atoms with Gasteiger partial charge in [0.15, 0.2) is 0 Å². The van der Waals surface area contributed by atoms with Crippen molar-refractivity contribution in [1.29, 1.82) is 0 Å². The summed E-state index contributed by atoms with van der Waals surface area (Å²) in [6.45, 7) is 6.22. The van der Waals surface area contributed by atoms with Crippen molar-refractivity contribution in [2.45, 2.75) is 57.7 Å². The number of piperidine rings is 1. The average Bonchev–Trinajstić information content (AvgIpc) is 3.12. The molecule has 2 rings (SSSR count). The van der Waals surface area contributed by atoms with E-state index in [1.54, 1.807) is 0 Å². The Kier molecular flexibility index (Phi) is 4.28. The van der Waals surface area contributed by atoms with Crippen LogP contribution in [0.4, 0.5) is 0 Å². The summed E-state index contributed by atoms with van der Waals surface area (Å²) in [7, 11) is 2.14. The van der Waals surface area contributed by atoms with E-state index in [9.17, 15) is 4.79 Å². The molecule has 0 bridgehead atoms. The SMILES string of the molecule is CC(C)[C@H](N)C(=O)N(C1CC1)C1CCCN(C)C1. The number of nitrogens with zero attached hydrogens (tertiary/aromatic N) is 2. The van der Waals surface area contributed by atoms with E-state index in [2.05, 4.69) is 16.8 Å². The molecule has 0 spiro atoms. The molecule has 1 saturated heterocycles. The third-order valence-corrected chi connectivity index (χ3v) is 4.19. The molecule has 18 heavy (non-hydrogen) atoms. The zero-order valence-electron chi connectivity index (χ0n) is 11.9. The summed E-state index contributed by atoms with van der Waals surface area (Å²) < 4.78 is 0. The van der Waals surface area contributed by atoms with Crippen LogP contribution in [0.2, 0.25) is 0 Å². The second kappa shape index (κ2) is 5.57. The van der Waals surface area contributed by atoms with Gasteiger partial charge in [0.1, 0.15) is 0 Å². The molecule has 0 aromatic rings. The van der Waals surface area contributed by atoms with Crippen LogP contribution in [0.15, 0.2) is 0 Å². The smallest absolute Gasteiger partial charge is 0.240 e. The second-order valence-electron chi connectivity index (χ2n) is 6.30. The van der Waals surface area contributed by atoms with Gasteiger partial charge in [0.05, 0.1) is 6.04 Å². The van der Waals surface area contributed by atoms with E-state index in [4.69, 9.17) is 5.73 Å². The zero-order valence-corrected chi connectivity index (χ0v) is 11.9. The van der Waals surface area contributed by atoms with Gasteiger partial charge < -0.3 is 15.5 Å². The molecule has 1 unspecified atom stereocenters. The summed E-state index contributed by atoms with van der Waals surface area (Å²) in [4.78, 5) is 17.0. The maximum atomic E-state index is 12.6. The molecular formula is C14H27N3O. The molecule has 1 aliphatic carbocycles. The van der Waals surface area contributed by atoms with Crippen LogP contribution in [0.5, 0.6) is 0 Å². The van der Waals surface area contributed by atoms with Crippen molar-refractivity contribution in [3.05, 3.63) is 0 Å². The minimum Gasteiger partial charge on any atom is -0.334 e. The first-order chi connectivity index (χ1) is 8.50. The van der Waals surface area contributed by atoms with Gasteiger partial charge in [0.25, 0.3) is 0 Å². The summed E-state index contributed by atoms with van der Waals surface area (Å²) in [5.41, 5.74) is 6.06. The molecule has 0 radical (unpaired) electrons. The van der Waals surface area contributed by atoms with E-state index in [1.807, 2.05) is 13.8 Å². The number of hydrogen-bond acceptors (Lipinski definition) is 3. The average molecular weight is 253 g/mol. The van der Waals surface area contributed by atoms with Gasteiger partial charge in [0.2, 0.25) is 5.91 Å². The Morgan fingerprint density at radius 3 is 2.44 bits per heavy atom. The van der Waals surface area contributed by atoms with Crippen molar-refractivity contribution in [3.63, 3.8) is 0 Å². The number of likely N-dealkylation sites (N-methyl/N-ethyl adjacent to an activating group) is 1. The fraction of sp³-hybridized carbons (Fsp3) is 0.929. The van der Waals surface area contributed by atoms with Gasteiger partial charge in [-0.25, -0.2) is 0 Å². The number of rotatable bonds is 4. The van der Waals surface area contributed by atoms with Crippen molar-refractivity contribution < 1.29 is 4.79 Å². The largest absolute Gasteiger partial charge is 0.334 e. The summed E-state index contributed by atoms with van der Waals surface area (Å²) in [5.74, 6) is 0.396. The first kappa shape index (κ1) is 13.8. The molecule has 1 saturated carbocycles. The van der Waals surface area contributed by atoms with E-state index in [-0.39, 0.29) is 17.9 Å². The highest BCUT2D eigenvalue weighted by molar-refractivity contribution is 5.82. The molecule has 2 atom stereocenters. The molecule has 0 aromatic heterocycles. The molecule has 2 aliphatic rings. The third kappa shape index (κ3) is 3.04. The van der Waals surface area contributed by atoms with Crippen LogP contribution in [0.1, 0.15) is 39.5 Å². The van der Waals surface area contributed by atoms with Crippen LogP contribution in [-0.4, -0.2) is 54.0 Å². The lowest BCUT2D eigenvalue weighted by atomic mass is 9.99. The maximum Gasteiger partial charge on any atom is 0.240 e. The van der Waals surface area contributed by atoms with Crippen molar-refractivity contribution in [2.75, 3.05) is 20.1 Å². The van der Waals surface area contributed by atoms with Crippen molar-refractivity contribution in [3.8, 4) is 0 Å². The van der Waals surface area contributed by atoms with Gasteiger partial charge in [-0.1, -0.05) is 13.8 Å². The maximum absolute atomic E-state index is 12.6. The number of carbonyl (C=O) groups excluding carboxylic acids is 1. The molecule has 104 valence electrons. The van der Waals surface area contributed by atoms with E-state index in [0.29, 0.717) is 12.1 Å². The highest BCUT2D eigenvalue weighted by Crippen LogP contribution is 2.32. The van der Waals surface area contributed by atoms with Crippen LogP contribution in [-0.2, 0) is 4.79 Å². The first-order valence-electron chi connectivity index (χ1n) is 7.27. The molecule has 2 N–H and O–H groups in total. The highest BCUT2D eigenvalue weighted by atomic mass is 16.2. The molecule has 4 heteroatoms. The normalized spacial score (nSPS) is 27.3. The summed E-state index contributed by atoms with van der Waals surface area (Å²) in [6, 6.07) is 0.519. The Morgan fingerprint density at radius 1 is 1.28 bits per heavy atom. The number of amides is 1. The Labute approximate surface area is 110 Å². The van der Waals surface area contributed by atoms with Gasteiger partial charge in [-0.2, -0.15) is 0 Å². The molecule has 2 fully saturated rings. The van der Waals surface area contributed by atoms with E-state index in [1.165, 1.54) is 6.42 Å². The quantitative estimate of drug-likeness (QED) is 0.815. The fourth-order valence-corrected chi connectivity index (χ4v) is 2.83. The standard InChI is InChI=1S/C14H27N3O/c1-10(2)13(15)14(18)17(11-6-7-11)12-5-4-8-16(3)9-12/h10-13H,4-9,15H2,1-3H3/t12?,13-/m0/s1. The fourth-order valence-electron chi connectivity index (χ4n) is 2.83. The Balaban J connectivity index is 2.05. The van der Waals surface area contributed by atoms with Crippen molar-refractivity contribution >= 4 is 5.91 Å². The predicted molar refractivity (Wildman–Crippen MR) is 73.2 cm³/mol. The van der Waals surface area contributed by atoms with Gasteiger partial charge in [0, 0.05) is 18.6 Å². The van der Waals surface area contributed by atoms with Gasteiger partial charge in [-0.3, -0.25) is 4.79 Å². The lowest BCUT2D eigenvalue weighted by molar-refractivity contribution is -0.137. The third-order valence-electron chi connectivity index (χ3n) is 4.19. The molecule has 0 aromatic carbocycles. The van der Waals surface area contributed by atoms with Crippen molar-refractivity contribution in [2.24, 2.45) is 11.7 Å². The van der Waals surface area contributed by atoms with Gasteiger partial charge >= 0.3 is 0 Å². The van der Waals surface area contributed by atoms with Gasteiger partial charge in [-0.15, -0.1) is 0 Å².